The molecule has 0 aliphatic heterocycles. The standard InChI is InChI=1S/C9H12F3N3O3/c1-15(8(17)18-6-2-3-13)5-4-14-7(16)9(10,11)12/h2,4-6H2,1H3,(H,14,16). The molecular formula is C9H12F3N3O3. The fraction of sp³-hybridized carbons (Fsp3) is 0.667. The van der Waals surface area contributed by atoms with E-state index in [4.69, 9.17) is 5.26 Å². The zero-order chi connectivity index (χ0) is 14.2. The van der Waals surface area contributed by atoms with E-state index in [9.17, 15) is 22.8 Å². The highest BCUT2D eigenvalue weighted by molar-refractivity contribution is 5.81. The molecule has 0 unspecified atom stereocenters. The van der Waals surface area contributed by atoms with Crippen LogP contribution in [0.1, 0.15) is 6.42 Å². The Morgan fingerprint density at radius 2 is 2.06 bits per heavy atom. The van der Waals surface area contributed by atoms with Crippen molar-refractivity contribution in [1.29, 1.82) is 5.26 Å². The number of nitriles is 1. The monoisotopic (exact) mass is 267 g/mol. The molecule has 0 aromatic heterocycles. The van der Waals surface area contributed by atoms with Crippen molar-refractivity contribution in [1.82, 2.24) is 10.2 Å². The predicted molar refractivity (Wildman–Crippen MR) is 53.3 cm³/mol. The van der Waals surface area contributed by atoms with E-state index >= 15 is 0 Å². The number of ether oxygens (including phenoxy) is 1. The van der Waals surface area contributed by atoms with Crippen LogP contribution in [-0.2, 0) is 9.53 Å². The second kappa shape index (κ2) is 7.37. The molecule has 6 nitrogen and oxygen atoms in total. The molecule has 102 valence electrons. The average Bonchev–Trinajstić information content (AvgIpc) is 2.27. The van der Waals surface area contributed by atoms with Gasteiger partial charge in [-0.25, -0.2) is 4.79 Å². The minimum absolute atomic E-state index is 0.0321. The lowest BCUT2D eigenvalue weighted by atomic mass is 10.5. The molecule has 0 aromatic rings. The first-order chi connectivity index (χ1) is 8.29. The molecule has 0 radical (unpaired) electrons. The van der Waals surface area contributed by atoms with Crippen LogP contribution in [0, 0.1) is 11.3 Å². The second-order valence-corrected chi connectivity index (χ2v) is 3.20. The number of hydrogen-bond acceptors (Lipinski definition) is 4. The van der Waals surface area contributed by atoms with E-state index in [2.05, 4.69) is 4.74 Å². The highest BCUT2D eigenvalue weighted by Crippen LogP contribution is 2.13. The maximum Gasteiger partial charge on any atom is 0.471 e. The van der Waals surface area contributed by atoms with Gasteiger partial charge in [-0.15, -0.1) is 0 Å². The Morgan fingerprint density at radius 1 is 1.44 bits per heavy atom. The first kappa shape index (κ1) is 16.0. The van der Waals surface area contributed by atoms with Crippen molar-refractivity contribution in [2.24, 2.45) is 0 Å². The average molecular weight is 267 g/mol. The summed E-state index contributed by atoms with van der Waals surface area (Å²) >= 11 is 0. The summed E-state index contributed by atoms with van der Waals surface area (Å²) in [5.74, 6) is -2.06. The highest BCUT2D eigenvalue weighted by atomic mass is 19.4. The molecule has 0 aliphatic carbocycles. The Balaban J connectivity index is 3.84. The van der Waals surface area contributed by atoms with Crippen LogP contribution in [-0.4, -0.2) is 49.8 Å². The number of alkyl halides is 3. The summed E-state index contributed by atoms with van der Waals surface area (Å²) in [6, 6.07) is 1.76. The molecule has 0 fully saturated rings. The number of rotatable bonds is 5. The molecule has 0 rings (SSSR count). The summed E-state index contributed by atoms with van der Waals surface area (Å²) in [6.45, 7) is -0.565. The number of halogens is 3. The van der Waals surface area contributed by atoms with Gasteiger partial charge >= 0.3 is 18.2 Å². The van der Waals surface area contributed by atoms with Gasteiger partial charge in [0, 0.05) is 20.1 Å². The number of likely N-dealkylation sites (N-methyl/N-ethyl adjacent to an activating group) is 1. The van der Waals surface area contributed by atoms with E-state index in [0.717, 1.165) is 4.90 Å². The molecule has 18 heavy (non-hydrogen) atoms. The maximum absolute atomic E-state index is 11.8. The Labute approximate surface area is 101 Å². The van der Waals surface area contributed by atoms with Gasteiger partial charge in [0.05, 0.1) is 12.5 Å². The quantitative estimate of drug-likeness (QED) is 0.741. The summed E-state index contributed by atoms with van der Waals surface area (Å²) in [5, 5.41) is 9.80. The second-order valence-electron chi connectivity index (χ2n) is 3.20. The Kier molecular flexibility index (Phi) is 6.56. The normalized spacial score (nSPS) is 10.4. The highest BCUT2D eigenvalue weighted by Gasteiger charge is 2.38. The summed E-state index contributed by atoms with van der Waals surface area (Å²) in [5.41, 5.74) is 0. The number of nitrogens with one attached hydrogen (secondary N) is 1. The van der Waals surface area contributed by atoms with Gasteiger partial charge in [0.2, 0.25) is 0 Å². The van der Waals surface area contributed by atoms with Crippen molar-refractivity contribution >= 4 is 12.0 Å². The number of hydrogen-bond donors (Lipinski definition) is 1. The van der Waals surface area contributed by atoms with Crippen LogP contribution in [0.15, 0.2) is 0 Å². The summed E-state index contributed by atoms with van der Waals surface area (Å²) in [6.07, 6.45) is -5.68. The van der Waals surface area contributed by atoms with Gasteiger partial charge in [-0.3, -0.25) is 4.79 Å². The van der Waals surface area contributed by atoms with E-state index in [1.165, 1.54) is 7.05 Å². The largest absolute Gasteiger partial charge is 0.471 e. The molecule has 0 heterocycles. The molecule has 0 bridgehead atoms. The molecule has 0 saturated carbocycles. The van der Waals surface area contributed by atoms with Crippen molar-refractivity contribution in [3.8, 4) is 6.07 Å². The third-order valence-electron chi connectivity index (χ3n) is 1.74. The molecule has 1 N–H and O–H groups in total. The van der Waals surface area contributed by atoms with Gasteiger partial charge in [-0.1, -0.05) is 0 Å². The van der Waals surface area contributed by atoms with Crippen LogP contribution in [0.2, 0.25) is 0 Å². The Bertz CT molecular complexity index is 338. The summed E-state index contributed by atoms with van der Waals surface area (Å²) < 4.78 is 40.0. The molecule has 0 atom stereocenters. The van der Waals surface area contributed by atoms with E-state index in [1.807, 2.05) is 0 Å². The molecule has 0 spiro atoms. The first-order valence-electron chi connectivity index (χ1n) is 4.89. The van der Waals surface area contributed by atoms with Crippen LogP contribution in [0.5, 0.6) is 0 Å². The molecule has 9 heteroatoms. The molecule has 2 amide bonds. The molecule has 0 saturated heterocycles. The predicted octanol–water partition coefficient (Wildman–Crippen LogP) is 0.647. The third kappa shape index (κ3) is 6.57. The van der Waals surface area contributed by atoms with E-state index < -0.39 is 18.2 Å². The zero-order valence-electron chi connectivity index (χ0n) is 9.58. The van der Waals surface area contributed by atoms with E-state index in [1.54, 1.807) is 11.4 Å². The SMILES string of the molecule is CN(CCNC(=O)C(F)(F)F)C(=O)OCCC#N. The third-order valence-corrected chi connectivity index (χ3v) is 1.74. The van der Waals surface area contributed by atoms with Gasteiger partial charge in [0.1, 0.15) is 6.61 Å². The van der Waals surface area contributed by atoms with Crippen molar-refractivity contribution in [3.63, 3.8) is 0 Å². The topological polar surface area (TPSA) is 82.4 Å². The van der Waals surface area contributed by atoms with Crippen LogP contribution in [0.3, 0.4) is 0 Å². The lowest BCUT2D eigenvalue weighted by Crippen LogP contribution is -2.41. The molecular weight excluding hydrogens is 255 g/mol. The minimum atomic E-state index is -4.94. The van der Waals surface area contributed by atoms with Gasteiger partial charge in [0.25, 0.3) is 0 Å². The lowest BCUT2D eigenvalue weighted by Gasteiger charge is -2.17. The van der Waals surface area contributed by atoms with E-state index in [-0.39, 0.29) is 26.1 Å². The van der Waals surface area contributed by atoms with Gasteiger partial charge in [-0.2, -0.15) is 18.4 Å². The van der Waals surface area contributed by atoms with E-state index in [0.29, 0.717) is 0 Å². The zero-order valence-corrected chi connectivity index (χ0v) is 9.58. The summed E-state index contributed by atoms with van der Waals surface area (Å²) in [4.78, 5) is 22.6. The van der Waals surface area contributed by atoms with Crippen molar-refractivity contribution in [2.45, 2.75) is 12.6 Å². The fourth-order valence-electron chi connectivity index (χ4n) is 0.823. The number of carbonyl (C=O) groups is 2. The summed E-state index contributed by atoms with van der Waals surface area (Å²) in [7, 11) is 1.30. The van der Waals surface area contributed by atoms with Gasteiger partial charge in [0.15, 0.2) is 0 Å². The number of amides is 2. The van der Waals surface area contributed by atoms with Crippen LogP contribution >= 0.6 is 0 Å². The van der Waals surface area contributed by atoms with Crippen molar-refractivity contribution < 1.29 is 27.5 Å². The van der Waals surface area contributed by atoms with Crippen LogP contribution in [0.25, 0.3) is 0 Å². The van der Waals surface area contributed by atoms with Gasteiger partial charge < -0.3 is 15.0 Å². The lowest BCUT2D eigenvalue weighted by molar-refractivity contribution is -0.173. The first-order valence-corrected chi connectivity index (χ1v) is 4.89. The smallest absolute Gasteiger partial charge is 0.448 e. The minimum Gasteiger partial charge on any atom is -0.448 e. The van der Waals surface area contributed by atoms with Crippen LogP contribution in [0.4, 0.5) is 18.0 Å². The number of nitrogens with zero attached hydrogens (tertiary/aromatic N) is 2. The van der Waals surface area contributed by atoms with Gasteiger partial charge in [-0.05, 0) is 0 Å². The van der Waals surface area contributed by atoms with Crippen molar-refractivity contribution in [3.05, 3.63) is 0 Å². The Morgan fingerprint density at radius 3 is 2.56 bits per heavy atom. The Hall–Kier alpha value is -1.98. The molecule has 0 aliphatic rings. The van der Waals surface area contributed by atoms with Crippen molar-refractivity contribution in [2.75, 3.05) is 26.7 Å². The fourth-order valence-corrected chi connectivity index (χ4v) is 0.823. The number of carbonyl (C=O) groups excluding carboxylic acids is 2. The maximum atomic E-state index is 11.8. The molecule has 0 aromatic carbocycles. The van der Waals surface area contributed by atoms with Crippen LogP contribution < -0.4 is 5.32 Å².